The smallest absolute Gasteiger partial charge is 0.492 e. The van der Waals surface area contributed by atoms with Crippen molar-refractivity contribution in [2.24, 2.45) is 0 Å². The molecule has 0 amide bonds. The predicted octanol–water partition coefficient (Wildman–Crippen LogP) is 1.63. The fourth-order valence-electron chi connectivity index (χ4n) is 3.34. The molecule has 28 heavy (non-hydrogen) atoms. The normalized spacial score (nSPS) is 13.8. The van der Waals surface area contributed by atoms with E-state index in [1.165, 1.54) is 12.5 Å². The highest BCUT2D eigenvalue weighted by Crippen LogP contribution is 2.35. The molecule has 0 radical (unpaired) electrons. The molecule has 0 atom stereocenters. The van der Waals surface area contributed by atoms with E-state index in [2.05, 4.69) is 15.2 Å². The lowest BCUT2D eigenvalue weighted by molar-refractivity contribution is 0.210. The number of hydrogen-bond donors (Lipinski definition) is 2. The Balaban J connectivity index is 1.76. The van der Waals surface area contributed by atoms with E-state index in [1.807, 2.05) is 30.3 Å². The molecule has 0 unspecified atom stereocenters. The summed E-state index contributed by atoms with van der Waals surface area (Å²) in [5, 5.41) is 19.3. The van der Waals surface area contributed by atoms with Crippen molar-refractivity contribution in [3.63, 3.8) is 0 Å². The number of nitrogen functional groups attached to an aromatic ring is 1. The number of nitrogens with two attached hydrogens (primary N) is 1. The van der Waals surface area contributed by atoms with Gasteiger partial charge in [-0.2, -0.15) is 10.2 Å². The Morgan fingerprint density at radius 1 is 1.11 bits per heavy atom. The fraction of sp³-hybridized carbons (Fsp3) is 0.105. The Labute approximate surface area is 160 Å². The van der Waals surface area contributed by atoms with Crippen LogP contribution >= 0.6 is 0 Å². The number of anilines is 1. The van der Waals surface area contributed by atoms with Gasteiger partial charge in [0.15, 0.2) is 0 Å². The minimum absolute atomic E-state index is 0.296. The van der Waals surface area contributed by atoms with Crippen LogP contribution in [0.3, 0.4) is 0 Å². The Morgan fingerprint density at radius 2 is 2.04 bits per heavy atom. The van der Waals surface area contributed by atoms with Gasteiger partial charge in [-0.3, -0.25) is 0 Å². The maximum absolute atomic E-state index is 10.4. The number of hydrogen-bond acceptors (Lipinski definition) is 8. The van der Waals surface area contributed by atoms with Crippen molar-refractivity contribution < 1.29 is 18.8 Å². The van der Waals surface area contributed by atoms with Crippen molar-refractivity contribution in [1.82, 2.24) is 15.2 Å². The van der Waals surface area contributed by atoms with Crippen molar-refractivity contribution in [3.8, 4) is 28.3 Å². The van der Waals surface area contributed by atoms with Crippen LogP contribution in [0, 0.1) is 0 Å². The minimum Gasteiger partial charge on any atom is -0.492 e. The van der Waals surface area contributed by atoms with Gasteiger partial charge in [0.25, 0.3) is 0 Å². The summed E-state index contributed by atoms with van der Waals surface area (Å²) in [6.07, 6.45) is 4.61. The molecule has 0 fully saturated rings. The third-order valence-electron chi connectivity index (χ3n) is 4.68. The van der Waals surface area contributed by atoms with Crippen molar-refractivity contribution >= 4 is 29.2 Å². The number of benzene rings is 2. The molecule has 0 saturated carbocycles. The number of nitrogens with zero attached hydrogens (tertiary/aromatic N) is 3. The van der Waals surface area contributed by atoms with Gasteiger partial charge in [0.05, 0.1) is 30.2 Å². The average Bonchev–Trinajstić information content (AvgIpc) is 3.19. The number of aromatic nitrogens is 3. The van der Waals surface area contributed by atoms with Gasteiger partial charge < -0.3 is 24.6 Å². The van der Waals surface area contributed by atoms with Crippen LogP contribution in [0.25, 0.3) is 33.5 Å². The summed E-state index contributed by atoms with van der Waals surface area (Å²) in [6.45, 7) is 0.642. The van der Waals surface area contributed by atoms with Gasteiger partial charge in [0.1, 0.15) is 18.6 Å². The summed E-state index contributed by atoms with van der Waals surface area (Å²) in [5.74, 6) is 0.978. The quantitative estimate of drug-likeness (QED) is 0.509. The SMILES string of the molecule is Nc1cnnc2cc(-c3cc4c(cc3-c3ncco3)OCCOB4O)ccc12. The molecule has 4 aromatic rings. The second-order valence-corrected chi connectivity index (χ2v) is 6.38. The van der Waals surface area contributed by atoms with E-state index in [9.17, 15) is 5.02 Å². The minimum atomic E-state index is -1.08. The van der Waals surface area contributed by atoms with E-state index in [0.29, 0.717) is 41.5 Å². The van der Waals surface area contributed by atoms with E-state index in [1.54, 1.807) is 6.20 Å². The van der Waals surface area contributed by atoms with Gasteiger partial charge in [-0.15, -0.1) is 0 Å². The van der Waals surface area contributed by atoms with E-state index < -0.39 is 7.12 Å². The van der Waals surface area contributed by atoms with Crippen molar-refractivity contribution in [3.05, 3.63) is 49.0 Å². The highest BCUT2D eigenvalue weighted by molar-refractivity contribution is 6.61. The van der Waals surface area contributed by atoms with Gasteiger partial charge >= 0.3 is 7.12 Å². The molecular weight excluding hydrogens is 359 g/mol. The summed E-state index contributed by atoms with van der Waals surface area (Å²) >= 11 is 0. The molecule has 0 aliphatic carbocycles. The molecule has 138 valence electrons. The molecule has 1 aliphatic rings. The molecule has 5 rings (SSSR count). The summed E-state index contributed by atoms with van der Waals surface area (Å²) in [5.41, 5.74) is 10.1. The van der Waals surface area contributed by atoms with Crippen molar-refractivity contribution in [1.29, 1.82) is 0 Å². The van der Waals surface area contributed by atoms with Crippen LogP contribution in [-0.4, -0.2) is 40.5 Å². The molecule has 2 aromatic heterocycles. The average molecular weight is 374 g/mol. The van der Waals surface area contributed by atoms with Gasteiger partial charge in [0.2, 0.25) is 5.89 Å². The molecule has 1 aliphatic heterocycles. The summed E-state index contributed by atoms with van der Waals surface area (Å²) in [7, 11) is -1.08. The Hall–Kier alpha value is -3.43. The molecule has 3 N–H and O–H groups in total. The van der Waals surface area contributed by atoms with E-state index >= 15 is 0 Å². The number of oxazole rings is 1. The largest absolute Gasteiger partial charge is 0.495 e. The maximum Gasteiger partial charge on any atom is 0.495 e. The third-order valence-corrected chi connectivity index (χ3v) is 4.68. The van der Waals surface area contributed by atoms with Crippen LogP contribution in [0.15, 0.2) is 53.4 Å². The first-order valence-electron chi connectivity index (χ1n) is 8.72. The Kier molecular flexibility index (Phi) is 3.96. The van der Waals surface area contributed by atoms with Crippen molar-refractivity contribution in [2.45, 2.75) is 0 Å². The van der Waals surface area contributed by atoms with Gasteiger partial charge in [-0.05, 0) is 29.3 Å². The molecular formula is C19H15BN4O4. The second-order valence-electron chi connectivity index (χ2n) is 6.38. The van der Waals surface area contributed by atoms with Crippen LogP contribution < -0.4 is 15.9 Å². The summed E-state index contributed by atoms with van der Waals surface area (Å²) in [6, 6.07) is 9.34. The first-order valence-corrected chi connectivity index (χ1v) is 8.72. The van der Waals surface area contributed by atoms with E-state index in [-0.39, 0.29) is 0 Å². The zero-order valence-electron chi connectivity index (χ0n) is 14.7. The van der Waals surface area contributed by atoms with Crippen LogP contribution in [-0.2, 0) is 4.65 Å². The summed E-state index contributed by atoms with van der Waals surface area (Å²) < 4.78 is 16.7. The lowest BCUT2D eigenvalue weighted by Gasteiger charge is -2.14. The monoisotopic (exact) mass is 374 g/mol. The topological polar surface area (TPSA) is 117 Å². The standard InChI is InChI=1S/C19H15BN4O4/c21-16-10-23-24-17-7-11(1-2-12(16)17)13-8-15-18(26-5-6-28-20(15)25)9-14(13)19-22-3-4-27-19/h1-4,7-10,25H,5-6H2,(H2,21,24). The first kappa shape index (κ1) is 16.7. The Morgan fingerprint density at radius 3 is 2.89 bits per heavy atom. The first-order chi connectivity index (χ1) is 13.7. The molecule has 8 nitrogen and oxygen atoms in total. The highest BCUT2D eigenvalue weighted by atomic mass is 16.6. The molecule has 3 heterocycles. The molecule has 0 saturated heterocycles. The zero-order valence-corrected chi connectivity index (χ0v) is 14.7. The molecule has 2 aromatic carbocycles. The lowest BCUT2D eigenvalue weighted by Crippen LogP contribution is -2.33. The number of ether oxygens (including phenoxy) is 1. The Bertz CT molecular complexity index is 1170. The predicted molar refractivity (Wildman–Crippen MR) is 104 cm³/mol. The number of rotatable bonds is 2. The van der Waals surface area contributed by atoms with E-state index in [0.717, 1.165) is 22.1 Å². The van der Waals surface area contributed by atoms with Crippen LogP contribution in [0.1, 0.15) is 0 Å². The molecule has 0 bridgehead atoms. The molecule has 9 heteroatoms. The molecule has 0 spiro atoms. The highest BCUT2D eigenvalue weighted by Gasteiger charge is 2.27. The maximum atomic E-state index is 10.4. The summed E-state index contributed by atoms with van der Waals surface area (Å²) in [4.78, 5) is 4.28. The van der Waals surface area contributed by atoms with Gasteiger partial charge in [-0.25, -0.2) is 4.98 Å². The fourth-order valence-corrected chi connectivity index (χ4v) is 3.34. The zero-order chi connectivity index (χ0) is 19.1. The number of fused-ring (bicyclic) bond motifs is 2. The second kappa shape index (κ2) is 6.63. The van der Waals surface area contributed by atoms with Crippen LogP contribution in [0.5, 0.6) is 5.75 Å². The lowest BCUT2D eigenvalue weighted by atomic mass is 9.76. The van der Waals surface area contributed by atoms with Gasteiger partial charge in [0, 0.05) is 16.4 Å². The van der Waals surface area contributed by atoms with Crippen molar-refractivity contribution in [2.75, 3.05) is 18.9 Å². The van der Waals surface area contributed by atoms with E-state index in [4.69, 9.17) is 19.5 Å². The van der Waals surface area contributed by atoms with Crippen LogP contribution in [0.2, 0.25) is 0 Å². The third kappa shape index (κ3) is 2.77. The van der Waals surface area contributed by atoms with Gasteiger partial charge in [-0.1, -0.05) is 12.1 Å². The van der Waals surface area contributed by atoms with Crippen LogP contribution in [0.4, 0.5) is 5.69 Å².